The summed E-state index contributed by atoms with van der Waals surface area (Å²) in [7, 11) is -3.89. The Labute approximate surface area is 142 Å². The summed E-state index contributed by atoms with van der Waals surface area (Å²) in [5, 5.41) is 14.2. The van der Waals surface area contributed by atoms with Crippen molar-refractivity contribution in [2.75, 3.05) is 18.4 Å². The van der Waals surface area contributed by atoms with Gasteiger partial charge in [-0.05, 0) is 24.0 Å². The zero-order chi connectivity index (χ0) is 17.8. The van der Waals surface area contributed by atoms with Crippen LogP contribution in [0.5, 0.6) is 0 Å². The quantitative estimate of drug-likeness (QED) is 0.734. The fourth-order valence-electron chi connectivity index (χ4n) is 1.74. The van der Waals surface area contributed by atoms with Gasteiger partial charge >= 0.3 is 0 Å². The smallest absolute Gasteiger partial charge is 0.242 e. The number of carboxylic acid groups (broad SMARTS) is 1. The van der Waals surface area contributed by atoms with E-state index in [2.05, 4.69) is 10.0 Å². The predicted octanol–water partition coefficient (Wildman–Crippen LogP) is 1.71. The van der Waals surface area contributed by atoms with E-state index in [1.165, 1.54) is 6.07 Å². The molecule has 2 N–H and O–H groups in total. The van der Waals surface area contributed by atoms with E-state index < -0.39 is 16.0 Å². The largest absolute Gasteiger partial charge is 0.545 e. The highest BCUT2D eigenvalue weighted by atomic mass is 35.5. The minimum atomic E-state index is -3.89. The Kier molecular flexibility index (Phi) is 6.85. The van der Waals surface area contributed by atoms with Gasteiger partial charge in [0.05, 0.1) is 11.0 Å². The second-order valence-electron chi connectivity index (χ2n) is 6.14. The summed E-state index contributed by atoms with van der Waals surface area (Å²) in [6, 6.07) is 2.34. The van der Waals surface area contributed by atoms with Crippen LogP contribution in [0.1, 0.15) is 38.1 Å². The van der Waals surface area contributed by atoms with Crippen molar-refractivity contribution in [2.24, 2.45) is 11.8 Å². The molecule has 0 spiro atoms. The summed E-state index contributed by atoms with van der Waals surface area (Å²) in [5.74, 6) is -1.08. The monoisotopic (exact) mass is 361 g/mol. The van der Waals surface area contributed by atoms with Gasteiger partial charge in [0.2, 0.25) is 10.0 Å². The van der Waals surface area contributed by atoms with Gasteiger partial charge in [-0.15, -0.1) is 0 Å². The summed E-state index contributed by atoms with van der Waals surface area (Å²) < 4.78 is 27.0. The van der Waals surface area contributed by atoms with E-state index in [0.29, 0.717) is 6.54 Å². The van der Waals surface area contributed by atoms with Crippen LogP contribution in [-0.4, -0.2) is 27.5 Å². The highest BCUT2D eigenvalue weighted by molar-refractivity contribution is 7.89. The number of carbonyl (C=O) groups excluding carboxylic acids is 1. The maximum atomic E-state index is 12.3. The number of nitrogens with one attached hydrogen (secondary N) is 2. The molecule has 0 unspecified atom stereocenters. The van der Waals surface area contributed by atoms with Crippen LogP contribution in [-0.2, 0) is 10.0 Å². The Bertz CT molecular complexity index is 672. The van der Waals surface area contributed by atoms with Crippen LogP contribution in [0.25, 0.3) is 0 Å². The van der Waals surface area contributed by atoms with Crippen LogP contribution in [0.2, 0.25) is 5.02 Å². The molecule has 0 saturated heterocycles. The topological polar surface area (TPSA) is 98.3 Å². The number of benzene rings is 1. The first kappa shape index (κ1) is 19.7. The molecule has 0 aromatic heterocycles. The van der Waals surface area contributed by atoms with Crippen molar-refractivity contribution in [3.05, 3.63) is 22.7 Å². The molecule has 23 heavy (non-hydrogen) atoms. The number of sulfonamides is 1. The van der Waals surface area contributed by atoms with Crippen molar-refractivity contribution < 1.29 is 18.3 Å². The number of anilines is 1. The molecule has 6 nitrogen and oxygen atoms in total. The molecule has 0 aliphatic carbocycles. The number of carboxylic acids is 1. The first-order chi connectivity index (χ1) is 10.5. The van der Waals surface area contributed by atoms with Gasteiger partial charge in [0.1, 0.15) is 4.90 Å². The van der Waals surface area contributed by atoms with Gasteiger partial charge < -0.3 is 15.2 Å². The first-order valence-corrected chi connectivity index (χ1v) is 9.19. The van der Waals surface area contributed by atoms with Crippen molar-refractivity contribution >= 4 is 33.3 Å². The number of halogens is 1. The maximum Gasteiger partial charge on any atom is 0.242 e. The van der Waals surface area contributed by atoms with E-state index in [4.69, 9.17) is 11.6 Å². The van der Waals surface area contributed by atoms with Gasteiger partial charge in [0, 0.05) is 24.3 Å². The van der Waals surface area contributed by atoms with Gasteiger partial charge in [-0.3, -0.25) is 0 Å². The van der Waals surface area contributed by atoms with E-state index in [0.717, 1.165) is 6.07 Å². The van der Waals surface area contributed by atoms with Crippen LogP contribution in [0.3, 0.4) is 0 Å². The average molecular weight is 362 g/mol. The normalized spacial score (nSPS) is 12.0. The molecule has 1 aromatic rings. The molecule has 0 aliphatic heterocycles. The molecule has 0 amide bonds. The lowest BCUT2D eigenvalue weighted by Gasteiger charge is -2.17. The summed E-state index contributed by atoms with van der Waals surface area (Å²) in [6.07, 6.45) is 0. The van der Waals surface area contributed by atoms with E-state index in [1.807, 2.05) is 27.7 Å². The van der Waals surface area contributed by atoms with E-state index in [9.17, 15) is 18.3 Å². The van der Waals surface area contributed by atoms with E-state index >= 15 is 0 Å². The highest BCUT2D eigenvalue weighted by Gasteiger charge is 2.21. The third-order valence-corrected chi connectivity index (χ3v) is 4.85. The molecule has 1 aromatic carbocycles. The molecule has 0 atom stereocenters. The fourth-order valence-corrected chi connectivity index (χ4v) is 3.51. The van der Waals surface area contributed by atoms with Crippen molar-refractivity contribution in [3.8, 4) is 0 Å². The van der Waals surface area contributed by atoms with Crippen LogP contribution in [0.4, 0.5) is 5.69 Å². The Balaban J connectivity index is 3.25. The standard InChI is InChI=1S/C15H23ClN2O4S/c1-9(2)7-17-13-6-12(16)14(5-11(13)15(19)20)23(21,22)18-8-10(3)4/h5-6,9-10,17-18H,7-8H2,1-4H3,(H,19,20)/p-1. The van der Waals surface area contributed by atoms with Crippen molar-refractivity contribution in [1.29, 1.82) is 0 Å². The zero-order valence-electron chi connectivity index (χ0n) is 13.6. The van der Waals surface area contributed by atoms with Crippen LogP contribution < -0.4 is 15.1 Å². The second kappa shape index (κ2) is 7.99. The molecule has 1 rings (SSSR count). The minimum Gasteiger partial charge on any atom is -0.545 e. The Morgan fingerprint density at radius 3 is 2.22 bits per heavy atom. The molecule has 130 valence electrons. The van der Waals surface area contributed by atoms with Gasteiger partial charge in [-0.1, -0.05) is 39.3 Å². The number of carbonyl (C=O) groups is 1. The fraction of sp³-hybridized carbons (Fsp3) is 0.533. The van der Waals surface area contributed by atoms with E-state index in [1.54, 1.807) is 0 Å². The van der Waals surface area contributed by atoms with Crippen molar-refractivity contribution in [2.45, 2.75) is 32.6 Å². The molecule has 0 radical (unpaired) electrons. The van der Waals surface area contributed by atoms with Gasteiger partial charge in [0.25, 0.3) is 0 Å². The molecule has 0 aliphatic rings. The lowest BCUT2D eigenvalue weighted by atomic mass is 10.1. The lowest BCUT2D eigenvalue weighted by Crippen LogP contribution is -2.29. The Morgan fingerprint density at radius 2 is 1.74 bits per heavy atom. The third kappa shape index (κ3) is 5.67. The van der Waals surface area contributed by atoms with Gasteiger partial charge in [-0.25, -0.2) is 13.1 Å². The molecule has 0 bridgehead atoms. The summed E-state index contributed by atoms with van der Waals surface area (Å²) in [4.78, 5) is 11.0. The molecule has 0 fully saturated rings. The Morgan fingerprint density at radius 1 is 1.17 bits per heavy atom. The van der Waals surface area contributed by atoms with Crippen molar-refractivity contribution in [3.63, 3.8) is 0 Å². The summed E-state index contributed by atoms with van der Waals surface area (Å²) >= 11 is 6.05. The Hall–Kier alpha value is -1.31. The summed E-state index contributed by atoms with van der Waals surface area (Å²) in [6.45, 7) is 8.39. The first-order valence-electron chi connectivity index (χ1n) is 7.33. The highest BCUT2D eigenvalue weighted by Crippen LogP contribution is 2.29. The molecular formula is C15H22ClN2O4S-. The van der Waals surface area contributed by atoms with Crippen LogP contribution in [0.15, 0.2) is 17.0 Å². The molecule has 0 saturated carbocycles. The molecular weight excluding hydrogens is 340 g/mol. The third-order valence-electron chi connectivity index (χ3n) is 2.96. The zero-order valence-corrected chi connectivity index (χ0v) is 15.2. The lowest BCUT2D eigenvalue weighted by molar-refractivity contribution is -0.254. The number of hydrogen-bond donors (Lipinski definition) is 2. The maximum absolute atomic E-state index is 12.3. The van der Waals surface area contributed by atoms with Crippen molar-refractivity contribution in [1.82, 2.24) is 4.72 Å². The molecule has 0 heterocycles. The van der Waals surface area contributed by atoms with Gasteiger partial charge in [-0.2, -0.15) is 0 Å². The number of aromatic carboxylic acids is 1. The number of hydrogen-bond acceptors (Lipinski definition) is 5. The SMILES string of the molecule is CC(C)CNc1cc(Cl)c(S(=O)(=O)NCC(C)C)cc1C(=O)[O-]. The van der Waals surface area contributed by atoms with Crippen LogP contribution in [0, 0.1) is 11.8 Å². The van der Waals surface area contributed by atoms with Gasteiger partial charge in [0.15, 0.2) is 0 Å². The predicted molar refractivity (Wildman–Crippen MR) is 89.1 cm³/mol. The minimum absolute atomic E-state index is 0.0440. The average Bonchev–Trinajstić information content (AvgIpc) is 2.42. The number of rotatable bonds is 8. The summed E-state index contributed by atoms with van der Waals surface area (Å²) in [5.41, 5.74) is 0.00600. The van der Waals surface area contributed by atoms with E-state index in [-0.39, 0.29) is 39.5 Å². The molecule has 8 heteroatoms. The second-order valence-corrected chi connectivity index (χ2v) is 8.28. The van der Waals surface area contributed by atoms with Crippen LogP contribution >= 0.6 is 11.6 Å².